The van der Waals surface area contributed by atoms with Crippen LogP contribution in [-0.2, 0) is 6.54 Å². The van der Waals surface area contributed by atoms with Crippen LogP contribution in [0.1, 0.15) is 6.92 Å². The summed E-state index contributed by atoms with van der Waals surface area (Å²) in [6.45, 7) is 7.34. The van der Waals surface area contributed by atoms with Gasteiger partial charge in [0, 0.05) is 32.7 Å². The van der Waals surface area contributed by atoms with Crippen LogP contribution in [0.25, 0.3) is 11.0 Å². The van der Waals surface area contributed by atoms with E-state index in [4.69, 9.17) is 4.98 Å². The lowest BCUT2D eigenvalue weighted by Crippen LogP contribution is -2.44. The van der Waals surface area contributed by atoms with Gasteiger partial charge < -0.3 is 14.8 Å². The predicted molar refractivity (Wildman–Crippen MR) is 70.5 cm³/mol. The van der Waals surface area contributed by atoms with Crippen LogP contribution in [0, 0.1) is 0 Å². The van der Waals surface area contributed by atoms with Gasteiger partial charge in [0.15, 0.2) is 0 Å². The molecule has 2 heterocycles. The van der Waals surface area contributed by atoms with Gasteiger partial charge in [-0.15, -0.1) is 0 Å². The Balaban J connectivity index is 2.08. The second-order valence-corrected chi connectivity index (χ2v) is 4.38. The summed E-state index contributed by atoms with van der Waals surface area (Å²) in [5, 5.41) is 3.38. The van der Waals surface area contributed by atoms with Crippen molar-refractivity contribution >= 4 is 17.0 Å². The fourth-order valence-electron chi connectivity index (χ4n) is 2.48. The quantitative estimate of drug-likeness (QED) is 0.848. The highest BCUT2D eigenvalue weighted by Crippen LogP contribution is 2.22. The minimum Gasteiger partial charge on any atom is -0.340 e. The van der Waals surface area contributed by atoms with Gasteiger partial charge in [0.05, 0.1) is 11.0 Å². The van der Waals surface area contributed by atoms with Gasteiger partial charge in [-0.05, 0) is 19.1 Å². The third kappa shape index (κ3) is 1.78. The smallest absolute Gasteiger partial charge is 0.206 e. The number of rotatable bonds is 2. The summed E-state index contributed by atoms with van der Waals surface area (Å²) in [5.41, 5.74) is 2.34. The lowest BCUT2D eigenvalue weighted by Gasteiger charge is -2.28. The molecule has 0 radical (unpaired) electrons. The van der Waals surface area contributed by atoms with Gasteiger partial charge in [0.25, 0.3) is 0 Å². The fourth-order valence-corrected chi connectivity index (χ4v) is 2.48. The van der Waals surface area contributed by atoms with Crippen LogP contribution in [-0.4, -0.2) is 35.7 Å². The zero-order valence-corrected chi connectivity index (χ0v) is 10.2. The molecule has 1 saturated heterocycles. The molecule has 0 bridgehead atoms. The number of fused-ring (bicyclic) bond motifs is 1. The van der Waals surface area contributed by atoms with Crippen molar-refractivity contribution in [1.82, 2.24) is 14.9 Å². The van der Waals surface area contributed by atoms with Crippen molar-refractivity contribution < 1.29 is 0 Å². The molecule has 90 valence electrons. The van der Waals surface area contributed by atoms with Crippen LogP contribution >= 0.6 is 0 Å². The summed E-state index contributed by atoms with van der Waals surface area (Å²) in [6.07, 6.45) is 0. The molecule has 0 saturated carbocycles. The minimum atomic E-state index is 0.972. The second kappa shape index (κ2) is 4.37. The predicted octanol–water partition coefficient (Wildman–Crippen LogP) is 1.47. The molecule has 1 N–H and O–H groups in total. The summed E-state index contributed by atoms with van der Waals surface area (Å²) in [4.78, 5) is 7.14. The lowest BCUT2D eigenvalue weighted by molar-refractivity contribution is 0.570. The summed E-state index contributed by atoms with van der Waals surface area (Å²) < 4.78 is 2.31. The maximum atomic E-state index is 4.77. The molecule has 0 unspecified atom stereocenters. The van der Waals surface area contributed by atoms with Crippen LogP contribution < -0.4 is 10.2 Å². The Bertz CT molecular complexity index is 511. The molecule has 4 nitrogen and oxygen atoms in total. The molecule has 4 heteroatoms. The van der Waals surface area contributed by atoms with E-state index in [0.29, 0.717) is 0 Å². The van der Waals surface area contributed by atoms with E-state index >= 15 is 0 Å². The SMILES string of the molecule is CCn1c(N2CCNCC2)nc2ccccc21. The van der Waals surface area contributed by atoms with Gasteiger partial charge in [-0.1, -0.05) is 12.1 Å². The van der Waals surface area contributed by atoms with E-state index < -0.39 is 0 Å². The van der Waals surface area contributed by atoms with Crippen LogP contribution in [0.15, 0.2) is 24.3 Å². The van der Waals surface area contributed by atoms with Gasteiger partial charge in [-0.3, -0.25) is 0 Å². The van der Waals surface area contributed by atoms with E-state index in [1.165, 1.54) is 5.52 Å². The average molecular weight is 230 g/mol. The molecule has 2 aromatic rings. The number of anilines is 1. The molecule has 1 fully saturated rings. The summed E-state index contributed by atoms with van der Waals surface area (Å²) in [5.74, 6) is 1.12. The van der Waals surface area contributed by atoms with E-state index in [1.54, 1.807) is 0 Å². The number of hydrogen-bond donors (Lipinski definition) is 1. The summed E-state index contributed by atoms with van der Waals surface area (Å²) in [6, 6.07) is 8.37. The van der Waals surface area contributed by atoms with E-state index in [2.05, 4.69) is 46.0 Å². The van der Waals surface area contributed by atoms with E-state index in [1.807, 2.05) is 0 Å². The first kappa shape index (κ1) is 10.6. The molecule has 0 aliphatic carbocycles. The third-order valence-electron chi connectivity index (χ3n) is 3.35. The molecule has 1 aromatic carbocycles. The lowest BCUT2D eigenvalue weighted by atomic mass is 10.3. The Kier molecular flexibility index (Phi) is 2.73. The highest BCUT2D eigenvalue weighted by Gasteiger charge is 2.17. The molecular weight excluding hydrogens is 212 g/mol. The topological polar surface area (TPSA) is 33.1 Å². The van der Waals surface area contributed by atoms with Gasteiger partial charge in [0.2, 0.25) is 5.95 Å². The Labute approximate surface area is 101 Å². The van der Waals surface area contributed by atoms with E-state index in [9.17, 15) is 0 Å². The standard InChI is InChI=1S/C13H18N4/c1-2-17-12-6-4-3-5-11(12)15-13(17)16-9-7-14-8-10-16/h3-6,14H,2,7-10H2,1H3. The van der Waals surface area contributed by atoms with Crippen molar-refractivity contribution in [2.75, 3.05) is 31.1 Å². The van der Waals surface area contributed by atoms with Crippen LogP contribution in [0.2, 0.25) is 0 Å². The van der Waals surface area contributed by atoms with Gasteiger partial charge >= 0.3 is 0 Å². The molecule has 1 aromatic heterocycles. The second-order valence-electron chi connectivity index (χ2n) is 4.38. The van der Waals surface area contributed by atoms with Crippen LogP contribution in [0.4, 0.5) is 5.95 Å². The number of aryl methyl sites for hydroxylation is 1. The largest absolute Gasteiger partial charge is 0.340 e. The van der Waals surface area contributed by atoms with Crippen LogP contribution in [0.3, 0.4) is 0 Å². The number of imidazole rings is 1. The first-order valence-electron chi connectivity index (χ1n) is 6.31. The summed E-state index contributed by atoms with van der Waals surface area (Å²) >= 11 is 0. The zero-order chi connectivity index (χ0) is 11.7. The van der Waals surface area contributed by atoms with E-state index in [-0.39, 0.29) is 0 Å². The van der Waals surface area contributed by atoms with Crippen LogP contribution in [0.5, 0.6) is 0 Å². The average Bonchev–Trinajstić information content (AvgIpc) is 2.78. The number of piperazine rings is 1. The monoisotopic (exact) mass is 230 g/mol. The molecular formula is C13H18N4. The third-order valence-corrected chi connectivity index (χ3v) is 3.35. The number of aromatic nitrogens is 2. The van der Waals surface area contributed by atoms with Crippen molar-refractivity contribution in [2.24, 2.45) is 0 Å². The van der Waals surface area contributed by atoms with Crippen molar-refractivity contribution in [3.63, 3.8) is 0 Å². The van der Waals surface area contributed by atoms with Gasteiger partial charge in [-0.2, -0.15) is 0 Å². The molecule has 1 aliphatic rings. The van der Waals surface area contributed by atoms with Crippen molar-refractivity contribution in [3.05, 3.63) is 24.3 Å². The van der Waals surface area contributed by atoms with E-state index in [0.717, 1.165) is 44.2 Å². The Morgan fingerprint density at radius 3 is 2.76 bits per heavy atom. The fraction of sp³-hybridized carbons (Fsp3) is 0.462. The molecule has 1 aliphatic heterocycles. The van der Waals surface area contributed by atoms with Crippen molar-refractivity contribution in [3.8, 4) is 0 Å². The summed E-state index contributed by atoms with van der Waals surface area (Å²) in [7, 11) is 0. The Hall–Kier alpha value is -1.55. The highest BCUT2D eigenvalue weighted by molar-refractivity contribution is 5.78. The van der Waals surface area contributed by atoms with Gasteiger partial charge in [0.1, 0.15) is 0 Å². The Morgan fingerprint density at radius 1 is 1.24 bits per heavy atom. The molecule has 0 amide bonds. The van der Waals surface area contributed by atoms with Gasteiger partial charge in [-0.25, -0.2) is 4.98 Å². The number of benzene rings is 1. The van der Waals surface area contributed by atoms with Crippen molar-refractivity contribution in [2.45, 2.75) is 13.5 Å². The highest BCUT2D eigenvalue weighted by atomic mass is 15.3. The van der Waals surface area contributed by atoms with Crippen molar-refractivity contribution in [1.29, 1.82) is 0 Å². The first-order valence-corrected chi connectivity index (χ1v) is 6.31. The molecule has 17 heavy (non-hydrogen) atoms. The number of para-hydroxylation sites is 2. The molecule has 3 rings (SSSR count). The Morgan fingerprint density at radius 2 is 2.00 bits per heavy atom. The molecule has 0 spiro atoms. The maximum absolute atomic E-state index is 4.77. The maximum Gasteiger partial charge on any atom is 0.206 e. The minimum absolute atomic E-state index is 0.972. The molecule has 0 atom stereocenters. The number of hydrogen-bond acceptors (Lipinski definition) is 3. The number of nitrogens with one attached hydrogen (secondary N) is 1. The first-order chi connectivity index (χ1) is 8.40. The number of nitrogens with zero attached hydrogens (tertiary/aromatic N) is 3. The zero-order valence-electron chi connectivity index (χ0n) is 10.2. The normalized spacial score (nSPS) is 16.6.